The molecular formula is C13H13BrN2O2S. The van der Waals surface area contributed by atoms with E-state index in [0.717, 1.165) is 9.48 Å². The molecular weight excluding hydrogens is 328 g/mol. The first-order valence-electron chi connectivity index (χ1n) is 5.65. The quantitative estimate of drug-likeness (QED) is 0.927. The predicted molar refractivity (Wildman–Crippen MR) is 78.7 cm³/mol. The SMILES string of the molecule is COc1cc(Br)ccc1C(=O)NC(C)c1nccs1. The molecule has 0 saturated heterocycles. The van der Waals surface area contributed by atoms with Gasteiger partial charge in [-0.05, 0) is 25.1 Å². The highest BCUT2D eigenvalue weighted by Crippen LogP contribution is 2.24. The molecule has 1 N–H and O–H groups in total. The van der Waals surface area contributed by atoms with Gasteiger partial charge in [0.25, 0.3) is 5.91 Å². The lowest BCUT2D eigenvalue weighted by atomic mass is 10.1. The number of amides is 1. The summed E-state index contributed by atoms with van der Waals surface area (Å²) in [6.07, 6.45) is 1.73. The average Bonchev–Trinajstić information content (AvgIpc) is 2.92. The van der Waals surface area contributed by atoms with Gasteiger partial charge in [-0.1, -0.05) is 15.9 Å². The molecule has 100 valence electrons. The zero-order valence-electron chi connectivity index (χ0n) is 10.5. The van der Waals surface area contributed by atoms with E-state index in [2.05, 4.69) is 26.2 Å². The first kappa shape index (κ1) is 14.0. The van der Waals surface area contributed by atoms with E-state index in [1.165, 1.54) is 11.3 Å². The average molecular weight is 341 g/mol. The minimum absolute atomic E-state index is 0.124. The standard InChI is InChI=1S/C13H13BrN2O2S/c1-8(13-15-5-6-19-13)16-12(17)10-4-3-9(14)7-11(10)18-2/h3-8H,1-2H3,(H,16,17). The highest BCUT2D eigenvalue weighted by Gasteiger charge is 2.16. The van der Waals surface area contributed by atoms with Gasteiger partial charge in [-0.25, -0.2) is 4.98 Å². The number of methoxy groups -OCH3 is 1. The van der Waals surface area contributed by atoms with Crippen LogP contribution in [0.3, 0.4) is 0 Å². The van der Waals surface area contributed by atoms with E-state index < -0.39 is 0 Å². The van der Waals surface area contributed by atoms with Crippen molar-refractivity contribution in [1.82, 2.24) is 10.3 Å². The number of halogens is 1. The Morgan fingerprint density at radius 2 is 2.32 bits per heavy atom. The Labute approximate surface area is 124 Å². The van der Waals surface area contributed by atoms with Gasteiger partial charge < -0.3 is 10.1 Å². The first-order chi connectivity index (χ1) is 9.11. The van der Waals surface area contributed by atoms with Crippen molar-refractivity contribution >= 4 is 33.2 Å². The maximum absolute atomic E-state index is 12.2. The van der Waals surface area contributed by atoms with Crippen molar-refractivity contribution in [2.75, 3.05) is 7.11 Å². The molecule has 2 aromatic rings. The van der Waals surface area contributed by atoms with Crippen LogP contribution in [0.5, 0.6) is 5.75 Å². The lowest BCUT2D eigenvalue weighted by molar-refractivity contribution is 0.0937. The van der Waals surface area contributed by atoms with E-state index in [4.69, 9.17) is 4.74 Å². The molecule has 6 heteroatoms. The third-order valence-electron chi connectivity index (χ3n) is 2.58. The Balaban J connectivity index is 2.16. The number of carbonyl (C=O) groups excluding carboxylic acids is 1. The van der Waals surface area contributed by atoms with E-state index in [1.807, 2.05) is 18.4 Å². The van der Waals surface area contributed by atoms with Crippen molar-refractivity contribution in [3.8, 4) is 5.75 Å². The summed E-state index contributed by atoms with van der Waals surface area (Å²) in [6, 6.07) is 5.18. The van der Waals surface area contributed by atoms with Crippen LogP contribution < -0.4 is 10.1 Å². The summed E-state index contributed by atoms with van der Waals surface area (Å²) in [5.41, 5.74) is 0.508. The van der Waals surface area contributed by atoms with Gasteiger partial charge in [0.2, 0.25) is 0 Å². The van der Waals surface area contributed by atoms with Gasteiger partial charge >= 0.3 is 0 Å². The molecule has 0 saturated carbocycles. The van der Waals surface area contributed by atoms with E-state index in [-0.39, 0.29) is 11.9 Å². The second-order valence-corrected chi connectivity index (χ2v) is 5.75. The lowest BCUT2D eigenvalue weighted by Crippen LogP contribution is -2.26. The summed E-state index contributed by atoms with van der Waals surface area (Å²) in [6.45, 7) is 1.90. The third-order valence-corrected chi connectivity index (χ3v) is 4.03. The van der Waals surface area contributed by atoms with Crippen molar-refractivity contribution in [1.29, 1.82) is 0 Å². The van der Waals surface area contributed by atoms with Crippen LogP contribution in [0, 0.1) is 0 Å². The van der Waals surface area contributed by atoms with Crippen molar-refractivity contribution in [2.45, 2.75) is 13.0 Å². The van der Waals surface area contributed by atoms with Crippen LogP contribution >= 0.6 is 27.3 Å². The molecule has 0 aliphatic carbocycles. The van der Waals surface area contributed by atoms with Crippen LogP contribution in [0.1, 0.15) is 28.3 Å². The summed E-state index contributed by atoms with van der Waals surface area (Å²) in [4.78, 5) is 16.4. The van der Waals surface area contributed by atoms with E-state index in [9.17, 15) is 4.79 Å². The number of aromatic nitrogens is 1. The number of nitrogens with zero attached hydrogens (tertiary/aromatic N) is 1. The Kier molecular flexibility index (Phi) is 4.55. The molecule has 1 aromatic carbocycles. The number of carbonyl (C=O) groups is 1. The molecule has 1 aromatic heterocycles. The van der Waals surface area contributed by atoms with Crippen molar-refractivity contribution in [3.63, 3.8) is 0 Å². The Morgan fingerprint density at radius 1 is 1.53 bits per heavy atom. The fraction of sp³-hybridized carbons (Fsp3) is 0.231. The molecule has 0 fully saturated rings. The monoisotopic (exact) mass is 340 g/mol. The minimum Gasteiger partial charge on any atom is -0.496 e. The molecule has 4 nitrogen and oxygen atoms in total. The van der Waals surface area contributed by atoms with Crippen LogP contribution in [0.15, 0.2) is 34.2 Å². The summed E-state index contributed by atoms with van der Waals surface area (Å²) in [7, 11) is 1.54. The topological polar surface area (TPSA) is 51.2 Å². The molecule has 0 bridgehead atoms. The molecule has 0 radical (unpaired) electrons. The van der Waals surface area contributed by atoms with Crippen LogP contribution in [0.25, 0.3) is 0 Å². The highest BCUT2D eigenvalue weighted by molar-refractivity contribution is 9.10. The molecule has 1 unspecified atom stereocenters. The number of hydrogen-bond donors (Lipinski definition) is 1. The fourth-order valence-electron chi connectivity index (χ4n) is 1.64. The van der Waals surface area contributed by atoms with Crippen molar-refractivity contribution < 1.29 is 9.53 Å². The first-order valence-corrected chi connectivity index (χ1v) is 7.33. The largest absolute Gasteiger partial charge is 0.496 e. The van der Waals surface area contributed by atoms with Crippen LogP contribution in [0.4, 0.5) is 0 Å². The van der Waals surface area contributed by atoms with E-state index in [1.54, 1.807) is 25.4 Å². The van der Waals surface area contributed by atoms with Gasteiger partial charge in [0, 0.05) is 16.0 Å². The summed E-state index contributed by atoms with van der Waals surface area (Å²) in [5, 5.41) is 5.67. The summed E-state index contributed by atoms with van der Waals surface area (Å²) in [5.74, 6) is 0.366. The normalized spacial score (nSPS) is 11.9. The lowest BCUT2D eigenvalue weighted by Gasteiger charge is -2.13. The number of thiazole rings is 1. The molecule has 1 amide bonds. The number of rotatable bonds is 4. The maximum atomic E-state index is 12.2. The second kappa shape index (κ2) is 6.16. The Bertz CT molecular complexity index is 572. The number of ether oxygens (including phenoxy) is 1. The van der Waals surface area contributed by atoms with E-state index in [0.29, 0.717) is 11.3 Å². The summed E-state index contributed by atoms with van der Waals surface area (Å²) < 4.78 is 6.09. The number of nitrogens with one attached hydrogen (secondary N) is 1. The highest BCUT2D eigenvalue weighted by atomic mass is 79.9. The zero-order chi connectivity index (χ0) is 13.8. The van der Waals surface area contributed by atoms with Crippen LogP contribution in [-0.2, 0) is 0 Å². The van der Waals surface area contributed by atoms with Gasteiger partial charge in [0.15, 0.2) is 0 Å². The zero-order valence-corrected chi connectivity index (χ0v) is 12.9. The molecule has 0 aliphatic rings. The van der Waals surface area contributed by atoms with Gasteiger partial charge in [0.1, 0.15) is 10.8 Å². The van der Waals surface area contributed by atoms with Crippen molar-refractivity contribution in [3.05, 3.63) is 44.8 Å². The molecule has 1 atom stereocenters. The molecule has 0 aliphatic heterocycles. The Morgan fingerprint density at radius 3 is 2.95 bits per heavy atom. The number of benzene rings is 1. The van der Waals surface area contributed by atoms with E-state index >= 15 is 0 Å². The smallest absolute Gasteiger partial charge is 0.255 e. The maximum Gasteiger partial charge on any atom is 0.255 e. The molecule has 0 spiro atoms. The molecule has 1 heterocycles. The van der Waals surface area contributed by atoms with Gasteiger partial charge in [-0.15, -0.1) is 11.3 Å². The van der Waals surface area contributed by atoms with Gasteiger partial charge in [-0.3, -0.25) is 4.79 Å². The van der Waals surface area contributed by atoms with Crippen molar-refractivity contribution in [2.24, 2.45) is 0 Å². The van der Waals surface area contributed by atoms with Gasteiger partial charge in [0.05, 0.1) is 18.7 Å². The van der Waals surface area contributed by atoms with Crippen LogP contribution in [-0.4, -0.2) is 18.0 Å². The second-order valence-electron chi connectivity index (χ2n) is 3.91. The van der Waals surface area contributed by atoms with Gasteiger partial charge in [-0.2, -0.15) is 0 Å². The third kappa shape index (κ3) is 3.33. The summed E-state index contributed by atoms with van der Waals surface area (Å²) >= 11 is 4.86. The molecule has 2 rings (SSSR count). The molecule has 19 heavy (non-hydrogen) atoms. The minimum atomic E-state index is -0.174. The van der Waals surface area contributed by atoms with Crippen LogP contribution in [0.2, 0.25) is 0 Å². The predicted octanol–water partition coefficient (Wildman–Crippen LogP) is 3.41. The fourth-order valence-corrected chi connectivity index (χ4v) is 2.62. The number of hydrogen-bond acceptors (Lipinski definition) is 4. The Hall–Kier alpha value is -1.40.